The molecule has 1 unspecified atom stereocenters. The predicted octanol–water partition coefficient (Wildman–Crippen LogP) is 4.92. The Morgan fingerprint density at radius 1 is 1.02 bits per heavy atom. The number of aromatic nitrogens is 3. The van der Waals surface area contributed by atoms with Gasteiger partial charge < -0.3 is 44.9 Å². The number of hydrogen-bond donors (Lipinski definition) is 4. The van der Waals surface area contributed by atoms with Crippen molar-refractivity contribution in [2.24, 2.45) is 23.2 Å². The van der Waals surface area contributed by atoms with Gasteiger partial charge in [-0.05, 0) is 74.8 Å². The number of alkyl carbamates (subject to hydrolysis) is 1. The van der Waals surface area contributed by atoms with E-state index in [1.165, 1.54) is 11.3 Å². The maximum atomic E-state index is 14.7. The van der Waals surface area contributed by atoms with Crippen molar-refractivity contribution in [3.8, 4) is 17.3 Å². The van der Waals surface area contributed by atoms with E-state index in [1.54, 1.807) is 30.1 Å². The van der Waals surface area contributed by atoms with Gasteiger partial charge in [-0.15, -0.1) is 5.10 Å². The molecule has 0 bridgehead atoms. The molecule has 1 saturated heterocycles. The first kappa shape index (κ1) is 41.1. The molecule has 2 aromatic heterocycles. The maximum Gasteiger partial charge on any atom is 0.408 e. The normalized spacial score (nSPS) is 26.5. The number of carbonyl (C=O) groups is 4. The van der Waals surface area contributed by atoms with Crippen LogP contribution in [0, 0.1) is 23.2 Å². The molecule has 16 nitrogen and oxygen atoms in total. The van der Waals surface area contributed by atoms with E-state index in [-0.39, 0.29) is 31.0 Å². The van der Waals surface area contributed by atoms with Crippen LogP contribution in [-0.2, 0) is 23.9 Å². The van der Waals surface area contributed by atoms with Crippen molar-refractivity contribution < 1.29 is 43.2 Å². The van der Waals surface area contributed by atoms with Crippen LogP contribution in [0.25, 0.3) is 16.7 Å². The lowest BCUT2D eigenvalue weighted by Crippen LogP contribution is -2.59. The number of nitrogens with one attached hydrogen (secondary N) is 3. The zero-order chi connectivity index (χ0) is 41.5. The number of ether oxygens (including phenoxy) is 4. The molecule has 3 amide bonds. The first-order valence-corrected chi connectivity index (χ1v) is 20.5. The summed E-state index contributed by atoms with van der Waals surface area (Å²) in [4.78, 5) is 61.0. The number of carboxylic acid groups (broad SMARTS) is 1. The van der Waals surface area contributed by atoms with Gasteiger partial charge in [0.05, 0.1) is 18.7 Å². The number of pyridine rings is 1. The molecule has 1 aromatic carbocycles. The van der Waals surface area contributed by atoms with E-state index in [2.05, 4.69) is 21.0 Å². The Morgan fingerprint density at radius 2 is 1.78 bits per heavy atom. The van der Waals surface area contributed by atoms with E-state index in [0.29, 0.717) is 71.9 Å². The monoisotopic (exact) mass is 803 g/mol. The van der Waals surface area contributed by atoms with Gasteiger partial charge in [-0.25, -0.2) is 19.3 Å². The number of carboxylic acids is 1. The fourth-order valence-corrected chi connectivity index (χ4v) is 8.56. The Hall–Kier alpha value is -5.12. The van der Waals surface area contributed by atoms with Crippen molar-refractivity contribution >= 4 is 40.6 Å². The van der Waals surface area contributed by atoms with E-state index in [1.807, 2.05) is 59.7 Å². The minimum atomic E-state index is -1.40. The number of hydrogen-bond acceptors (Lipinski definition) is 11. The molecule has 7 rings (SSSR count). The average molecular weight is 804 g/mol. The molecule has 4 aliphatic rings. The number of fused-ring (bicyclic) bond motifs is 2. The first-order chi connectivity index (χ1) is 27.6. The largest absolute Gasteiger partial charge is 0.491 e. The van der Waals surface area contributed by atoms with Gasteiger partial charge in [-0.3, -0.25) is 9.59 Å². The molecule has 4 fully saturated rings. The smallest absolute Gasteiger partial charge is 0.408 e. The Bertz CT molecular complexity index is 2020. The number of methoxy groups -OCH3 is 1. The van der Waals surface area contributed by atoms with Gasteiger partial charge in [0.25, 0.3) is 0 Å². The van der Waals surface area contributed by atoms with Crippen LogP contribution >= 0.6 is 0 Å². The number of amides is 3. The van der Waals surface area contributed by atoms with Crippen molar-refractivity contribution in [3.63, 3.8) is 0 Å². The molecule has 16 heteroatoms. The van der Waals surface area contributed by atoms with Crippen LogP contribution < -0.4 is 25.4 Å². The van der Waals surface area contributed by atoms with E-state index < -0.39 is 53.0 Å². The standard InChI is InChI=1S/C42H57N7O9/c1-8-26-21-42(26,39(52)53)46-37(50)32-19-29(22-48(32)38(51)36(41(4,5)6)45-40(54)58-28-16-24-15-25(24)17-28)57-33-20-35(49-12-11-34(47-49)43-23(2)3)44-31-18-27(9-10-30(31)33)56-14-13-55-7/h9-12,18,20,23-26,28-29,32,36H,8,13-17,19,21-22H2,1-7H3,(H,43,47)(H,45,54)(H,46,50)(H,52,53)/t24-,25+,26-,28+,29-,32+,36?,42-/m1/s1. The second-order valence-corrected chi connectivity index (χ2v) is 17.7. The highest BCUT2D eigenvalue weighted by molar-refractivity contribution is 5.96. The van der Waals surface area contributed by atoms with Crippen LogP contribution in [0.2, 0.25) is 0 Å². The summed E-state index contributed by atoms with van der Waals surface area (Å²) in [5.74, 6) is 0.960. The molecule has 3 aromatic rings. The fourth-order valence-electron chi connectivity index (χ4n) is 8.56. The fraction of sp³-hybridized carbons (Fsp3) is 0.619. The number of rotatable bonds is 16. The number of carbonyl (C=O) groups excluding carboxylic acids is 3. The Kier molecular flexibility index (Phi) is 11.5. The molecule has 3 saturated carbocycles. The molecular weight excluding hydrogens is 747 g/mol. The summed E-state index contributed by atoms with van der Waals surface area (Å²) in [5.41, 5.74) is -1.61. The van der Waals surface area contributed by atoms with E-state index in [4.69, 9.17) is 23.9 Å². The maximum absolute atomic E-state index is 14.7. The van der Waals surface area contributed by atoms with Gasteiger partial charge >= 0.3 is 12.1 Å². The minimum Gasteiger partial charge on any atom is -0.491 e. The predicted molar refractivity (Wildman–Crippen MR) is 214 cm³/mol. The van der Waals surface area contributed by atoms with E-state index in [0.717, 1.165) is 12.8 Å². The molecule has 0 radical (unpaired) electrons. The van der Waals surface area contributed by atoms with Crippen LogP contribution in [0.1, 0.15) is 80.1 Å². The molecule has 314 valence electrons. The van der Waals surface area contributed by atoms with E-state index >= 15 is 0 Å². The zero-order valence-electron chi connectivity index (χ0n) is 34.4. The van der Waals surface area contributed by atoms with Crippen molar-refractivity contribution in [1.29, 1.82) is 0 Å². The van der Waals surface area contributed by atoms with Gasteiger partial charge in [-0.2, -0.15) is 0 Å². The summed E-state index contributed by atoms with van der Waals surface area (Å²) in [6.45, 7) is 12.2. The first-order valence-electron chi connectivity index (χ1n) is 20.5. The van der Waals surface area contributed by atoms with Crippen molar-refractivity contribution in [3.05, 3.63) is 36.5 Å². The number of nitrogens with zero attached hydrogens (tertiary/aromatic N) is 4. The van der Waals surface area contributed by atoms with Gasteiger partial charge in [0.15, 0.2) is 5.82 Å². The summed E-state index contributed by atoms with van der Waals surface area (Å²) < 4.78 is 25.2. The molecule has 0 spiro atoms. The summed E-state index contributed by atoms with van der Waals surface area (Å²) in [7, 11) is 1.60. The lowest BCUT2D eigenvalue weighted by atomic mass is 9.85. The molecule has 58 heavy (non-hydrogen) atoms. The van der Waals surface area contributed by atoms with Gasteiger partial charge in [0.2, 0.25) is 11.8 Å². The lowest BCUT2D eigenvalue weighted by Gasteiger charge is -2.35. The Balaban J connectivity index is 1.19. The minimum absolute atomic E-state index is 0.00885. The van der Waals surface area contributed by atoms with Gasteiger partial charge in [0.1, 0.15) is 53.8 Å². The molecule has 3 heterocycles. The van der Waals surface area contributed by atoms with Crippen LogP contribution in [0.3, 0.4) is 0 Å². The van der Waals surface area contributed by atoms with Crippen molar-refractivity contribution in [2.45, 2.75) is 116 Å². The zero-order valence-corrected chi connectivity index (χ0v) is 34.4. The second kappa shape index (κ2) is 16.3. The molecular formula is C42H57N7O9. The van der Waals surface area contributed by atoms with Crippen molar-refractivity contribution in [2.75, 3.05) is 32.2 Å². The van der Waals surface area contributed by atoms with Crippen LogP contribution in [0.4, 0.5) is 10.6 Å². The van der Waals surface area contributed by atoms with E-state index in [9.17, 15) is 24.3 Å². The summed E-state index contributed by atoms with van der Waals surface area (Å²) in [5, 5.41) is 24.4. The Labute approximate surface area is 338 Å². The number of likely N-dealkylation sites (tertiary alicyclic amines) is 1. The summed E-state index contributed by atoms with van der Waals surface area (Å²) in [6, 6.07) is 7.08. The third-order valence-electron chi connectivity index (χ3n) is 11.9. The highest BCUT2D eigenvalue weighted by Gasteiger charge is 2.61. The van der Waals surface area contributed by atoms with Crippen LogP contribution in [-0.4, -0.2) is 111 Å². The quantitative estimate of drug-likeness (QED) is 0.143. The summed E-state index contributed by atoms with van der Waals surface area (Å²) >= 11 is 0. The number of aliphatic carboxylic acids is 1. The molecule has 1 aliphatic heterocycles. The van der Waals surface area contributed by atoms with Crippen LogP contribution in [0.15, 0.2) is 36.5 Å². The third kappa shape index (κ3) is 8.81. The molecule has 3 aliphatic carbocycles. The second-order valence-electron chi connectivity index (χ2n) is 17.7. The van der Waals surface area contributed by atoms with Crippen molar-refractivity contribution in [1.82, 2.24) is 30.3 Å². The van der Waals surface area contributed by atoms with Crippen LogP contribution in [0.5, 0.6) is 11.5 Å². The molecule has 4 N–H and O–H groups in total. The number of benzene rings is 1. The summed E-state index contributed by atoms with van der Waals surface area (Å²) in [6.07, 6.45) is 4.00. The lowest BCUT2D eigenvalue weighted by molar-refractivity contribution is -0.146. The number of anilines is 1. The molecule has 8 atom stereocenters. The third-order valence-corrected chi connectivity index (χ3v) is 11.9. The average Bonchev–Trinajstić information content (AvgIpc) is 3.83. The highest BCUT2D eigenvalue weighted by Crippen LogP contribution is 2.52. The van der Waals surface area contributed by atoms with Gasteiger partial charge in [-0.1, -0.05) is 34.1 Å². The highest BCUT2D eigenvalue weighted by atomic mass is 16.6. The SMILES string of the molecule is CC[C@@H]1C[C@]1(NC(=O)[C@@H]1C[C@@H](Oc2cc(-n3ccc(NC(C)C)n3)nc3cc(OCCOC)ccc23)CN1C(=O)C(NC(=O)O[C@@H]1C[C@@H]2C[C@@H]2C1)C(C)(C)C)C(=O)O. The van der Waals surface area contributed by atoms with Gasteiger partial charge in [0, 0.05) is 49.4 Å². The topological polar surface area (TPSA) is 195 Å². The Morgan fingerprint density at radius 3 is 2.43 bits per heavy atom.